The van der Waals surface area contributed by atoms with Gasteiger partial charge in [-0.3, -0.25) is 9.59 Å². The van der Waals surface area contributed by atoms with Crippen LogP contribution < -0.4 is 21.3 Å². The molecule has 1 fully saturated rings. The third-order valence-electron chi connectivity index (χ3n) is 5.26. The second-order valence-corrected chi connectivity index (χ2v) is 7.33. The van der Waals surface area contributed by atoms with Crippen LogP contribution >= 0.6 is 0 Å². The third kappa shape index (κ3) is 4.74. The first-order valence-corrected chi connectivity index (χ1v) is 9.75. The summed E-state index contributed by atoms with van der Waals surface area (Å²) < 4.78 is 0. The van der Waals surface area contributed by atoms with Gasteiger partial charge >= 0.3 is 6.03 Å². The van der Waals surface area contributed by atoms with E-state index in [0.29, 0.717) is 23.8 Å². The van der Waals surface area contributed by atoms with E-state index in [4.69, 9.17) is 5.73 Å². The number of hydrogen-bond donors (Lipinski definition) is 3. The Morgan fingerprint density at radius 1 is 1.14 bits per heavy atom. The Morgan fingerprint density at radius 2 is 1.83 bits per heavy atom. The van der Waals surface area contributed by atoms with Crippen LogP contribution in [-0.2, 0) is 9.59 Å². The quantitative estimate of drug-likeness (QED) is 0.696. The van der Waals surface area contributed by atoms with Crippen LogP contribution in [0, 0.1) is 5.92 Å². The molecule has 0 aliphatic carbocycles. The zero-order valence-corrected chi connectivity index (χ0v) is 16.6. The molecule has 2 aromatic rings. The molecule has 2 aromatic carbocycles. The van der Waals surface area contributed by atoms with Crippen molar-refractivity contribution in [2.24, 2.45) is 11.7 Å². The highest BCUT2D eigenvalue weighted by Gasteiger charge is 2.36. The molecule has 1 heterocycles. The second kappa shape index (κ2) is 8.77. The van der Waals surface area contributed by atoms with E-state index in [9.17, 15) is 14.4 Å². The second-order valence-electron chi connectivity index (χ2n) is 7.33. The van der Waals surface area contributed by atoms with Crippen LogP contribution in [0.25, 0.3) is 0 Å². The molecule has 3 rings (SSSR count). The zero-order valence-electron chi connectivity index (χ0n) is 16.6. The van der Waals surface area contributed by atoms with Gasteiger partial charge in [0, 0.05) is 30.0 Å². The summed E-state index contributed by atoms with van der Waals surface area (Å²) in [7, 11) is 0. The molecule has 4 N–H and O–H groups in total. The smallest absolute Gasteiger partial charge is 0.316 e. The van der Waals surface area contributed by atoms with Gasteiger partial charge in [0.15, 0.2) is 0 Å². The number of urea groups is 1. The number of nitrogens with one attached hydrogen (secondary N) is 2. The van der Waals surface area contributed by atoms with Crippen molar-refractivity contribution in [2.75, 3.05) is 22.1 Å². The molecule has 1 aliphatic rings. The summed E-state index contributed by atoms with van der Waals surface area (Å²) in [5.41, 5.74) is 8.15. The summed E-state index contributed by atoms with van der Waals surface area (Å²) in [5.74, 6) is -0.393. The first-order valence-electron chi connectivity index (χ1n) is 9.75. The fraction of sp³-hybridized carbons (Fsp3) is 0.318. The molecule has 0 saturated carbocycles. The van der Waals surface area contributed by atoms with Gasteiger partial charge < -0.3 is 21.3 Å². The standard InChI is InChI=1S/C22H26N4O3/c1-3-14(2)18-9-4-5-10-19(18)26-13-15(11-20(26)27)21(28)24-16-7-6-8-17(12-16)25-22(23)29/h4-10,12,14-15H,3,11,13H2,1-2H3,(H,24,28)(H3,23,25,29). The Kier molecular flexibility index (Phi) is 6.16. The molecule has 2 atom stereocenters. The number of anilines is 3. The Balaban J connectivity index is 1.72. The van der Waals surface area contributed by atoms with E-state index < -0.39 is 11.9 Å². The average molecular weight is 394 g/mol. The number of hydrogen-bond acceptors (Lipinski definition) is 3. The van der Waals surface area contributed by atoms with Crippen molar-refractivity contribution in [1.82, 2.24) is 0 Å². The minimum Gasteiger partial charge on any atom is -0.351 e. The Bertz CT molecular complexity index is 928. The van der Waals surface area contributed by atoms with Gasteiger partial charge in [-0.2, -0.15) is 0 Å². The lowest BCUT2D eigenvalue weighted by Gasteiger charge is -2.23. The molecule has 2 unspecified atom stereocenters. The predicted molar refractivity (Wildman–Crippen MR) is 114 cm³/mol. The van der Waals surface area contributed by atoms with Gasteiger partial charge in [0.2, 0.25) is 11.8 Å². The summed E-state index contributed by atoms with van der Waals surface area (Å²) in [5, 5.41) is 5.30. The highest BCUT2D eigenvalue weighted by Crippen LogP contribution is 2.33. The number of amides is 4. The molecule has 152 valence electrons. The fourth-order valence-electron chi connectivity index (χ4n) is 3.55. The van der Waals surface area contributed by atoms with Crippen molar-refractivity contribution in [2.45, 2.75) is 32.6 Å². The van der Waals surface area contributed by atoms with Crippen molar-refractivity contribution in [3.8, 4) is 0 Å². The highest BCUT2D eigenvalue weighted by atomic mass is 16.2. The third-order valence-corrected chi connectivity index (χ3v) is 5.26. The average Bonchev–Trinajstić information content (AvgIpc) is 3.09. The lowest BCUT2D eigenvalue weighted by molar-refractivity contribution is -0.122. The predicted octanol–water partition coefficient (Wildman–Crippen LogP) is 3.68. The van der Waals surface area contributed by atoms with Crippen LogP contribution in [0.3, 0.4) is 0 Å². The van der Waals surface area contributed by atoms with Gasteiger partial charge in [-0.25, -0.2) is 4.79 Å². The molecule has 0 spiro atoms. The first-order chi connectivity index (χ1) is 13.9. The summed E-state index contributed by atoms with van der Waals surface area (Å²) in [6.45, 7) is 4.60. The van der Waals surface area contributed by atoms with Crippen LogP contribution in [0.1, 0.15) is 38.2 Å². The fourth-order valence-corrected chi connectivity index (χ4v) is 3.55. The molecule has 7 nitrogen and oxygen atoms in total. The lowest BCUT2D eigenvalue weighted by Crippen LogP contribution is -2.29. The van der Waals surface area contributed by atoms with Gasteiger partial charge in [0.05, 0.1) is 5.92 Å². The summed E-state index contributed by atoms with van der Waals surface area (Å²) in [6, 6.07) is 13.9. The largest absolute Gasteiger partial charge is 0.351 e. The zero-order chi connectivity index (χ0) is 21.0. The van der Waals surface area contributed by atoms with Crippen molar-refractivity contribution in [1.29, 1.82) is 0 Å². The van der Waals surface area contributed by atoms with Crippen LogP contribution in [0.15, 0.2) is 48.5 Å². The van der Waals surface area contributed by atoms with E-state index in [1.165, 1.54) is 0 Å². The van der Waals surface area contributed by atoms with E-state index in [0.717, 1.165) is 17.7 Å². The Labute approximate surface area is 170 Å². The highest BCUT2D eigenvalue weighted by molar-refractivity contribution is 6.04. The maximum Gasteiger partial charge on any atom is 0.316 e. The van der Waals surface area contributed by atoms with Gasteiger partial charge in [0.25, 0.3) is 0 Å². The van der Waals surface area contributed by atoms with E-state index in [-0.39, 0.29) is 18.2 Å². The first kappa shape index (κ1) is 20.4. The van der Waals surface area contributed by atoms with Crippen LogP contribution in [0.2, 0.25) is 0 Å². The van der Waals surface area contributed by atoms with Crippen molar-refractivity contribution in [3.05, 3.63) is 54.1 Å². The van der Waals surface area contributed by atoms with E-state index >= 15 is 0 Å². The minimum atomic E-state index is -0.675. The number of benzene rings is 2. The number of para-hydroxylation sites is 1. The molecular formula is C22H26N4O3. The summed E-state index contributed by atoms with van der Waals surface area (Å²) in [4.78, 5) is 38.1. The number of rotatable bonds is 6. The lowest BCUT2D eigenvalue weighted by atomic mass is 9.96. The van der Waals surface area contributed by atoms with Crippen molar-refractivity contribution < 1.29 is 14.4 Å². The molecule has 0 aromatic heterocycles. The van der Waals surface area contributed by atoms with Gasteiger partial charge in [-0.05, 0) is 42.2 Å². The Morgan fingerprint density at radius 3 is 2.52 bits per heavy atom. The van der Waals surface area contributed by atoms with Crippen molar-refractivity contribution >= 4 is 34.9 Å². The number of nitrogens with two attached hydrogens (primary N) is 1. The van der Waals surface area contributed by atoms with Crippen LogP contribution in [0.4, 0.5) is 21.9 Å². The summed E-state index contributed by atoms with van der Waals surface area (Å²) >= 11 is 0. The molecule has 0 radical (unpaired) electrons. The van der Waals surface area contributed by atoms with Gasteiger partial charge in [-0.1, -0.05) is 38.1 Å². The van der Waals surface area contributed by atoms with Crippen molar-refractivity contribution in [3.63, 3.8) is 0 Å². The van der Waals surface area contributed by atoms with Gasteiger partial charge in [-0.15, -0.1) is 0 Å². The normalized spacial score (nSPS) is 17.1. The number of primary amides is 1. The SMILES string of the molecule is CCC(C)c1ccccc1N1CC(C(=O)Nc2cccc(NC(N)=O)c2)CC1=O. The molecule has 7 heteroatoms. The number of carbonyl (C=O) groups excluding carboxylic acids is 3. The molecule has 1 aliphatic heterocycles. The summed E-state index contributed by atoms with van der Waals surface area (Å²) in [6.07, 6.45) is 1.14. The minimum absolute atomic E-state index is 0.0509. The van der Waals surface area contributed by atoms with E-state index in [2.05, 4.69) is 24.5 Å². The molecular weight excluding hydrogens is 368 g/mol. The van der Waals surface area contributed by atoms with Crippen LogP contribution in [0.5, 0.6) is 0 Å². The van der Waals surface area contributed by atoms with Crippen LogP contribution in [-0.4, -0.2) is 24.4 Å². The monoisotopic (exact) mass is 394 g/mol. The molecule has 4 amide bonds. The van der Waals surface area contributed by atoms with Gasteiger partial charge in [0.1, 0.15) is 0 Å². The van der Waals surface area contributed by atoms with E-state index in [1.807, 2.05) is 24.3 Å². The van der Waals surface area contributed by atoms with E-state index in [1.54, 1.807) is 29.2 Å². The molecule has 1 saturated heterocycles. The number of nitrogens with zero attached hydrogens (tertiary/aromatic N) is 1. The molecule has 0 bridgehead atoms. The Hall–Kier alpha value is -3.35. The maximum atomic E-state index is 12.7. The maximum absolute atomic E-state index is 12.7. The number of carbonyl (C=O) groups is 3. The molecule has 29 heavy (non-hydrogen) atoms. The topological polar surface area (TPSA) is 105 Å².